The zero-order valence-electron chi connectivity index (χ0n) is 11.1. The van der Waals surface area contributed by atoms with Gasteiger partial charge in [0.2, 0.25) is 0 Å². The van der Waals surface area contributed by atoms with E-state index in [4.69, 9.17) is 0 Å². The van der Waals surface area contributed by atoms with Gasteiger partial charge in [-0.15, -0.1) is 11.3 Å². The van der Waals surface area contributed by atoms with Crippen LogP contribution in [0.3, 0.4) is 0 Å². The summed E-state index contributed by atoms with van der Waals surface area (Å²) in [6.07, 6.45) is 0. The fraction of sp³-hybridized carbons (Fsp3) is 0.286. The Kier molecular flexibility index (Phi) is 3.24. The van der Waals surface area contributed by atoms with Crippen LogP contribution in [0.5, 0.6) is 0 Å². The molecule has 3 rings (SSSR count). The molecule has 19 heavy (non-hydrogen) atoms. The van der Waals surface area contributed by atoms with E-state index in [9.17, 15) is 0 Å². The summed E-state index contributed by atoms with van der Waals surface area (Å²) in [6.45, 7) is 6.23. The van der Waals surface area contributed by atoms with E-state index in [1.165, 1.54) is 10.3 Å². The topological polar surface area (TPSA) is 37.8 Å². The maximum absolute atomic E-state index is 4.63. The lowest BCUT2D eigenvalue weighted by atomic mass is 10.2. The van der Waals surface area contributed by atoms with Gasteiger partial charge in [0.15, 0.2) is 5.13 Å². The number of hydrogen-bond donors (Lipinski definition) is 1. The van der Waals surface area contributed by atoms with Crippen LogP contribution in [0.2, 0.25) is 0 Å². The monoisotopic (exact) mass is 289 g/mol. The van der Waals surface area contributed by atoms with Gasteiger partial charge >= 0.3 is 0 Å². The van der Waals surface area contributed by atoms with E-state index in [0.29, 0.717) is 0 Å². The van der Waals surface area contributed by atoms with Gasteiger partial charge in [0.1, 0.15) is 5.01 Å². The second-order valence-corrected chi connectivity index (χ2v) is 6.60. The molecule has 0 aliphatic rings. The summed E-state index contributed by atoms with van der Waals surface area (Å²) < 4.78 is 1.22. The van der Waals surface area contributed by atoms with Gasteiger partial charge in [-0.25, -0.2) is 9.97 Å². The van der Waals surface area contributed by atoms with Gasteiger partial charge in [0.05, 0.1) is 16.3 Å². The number of fused-ring (bicyclic) bond motifs is 1. The first-order valence-corrected chi connectivity index (χ1v) is 7.87. The summed E-state index contributed by atoms with van der Waals surface area (Å²) in [4.78, 5) is 9.14. The highest BCUT2D eigenvalue weighted by Crippen LogP contribution is 2.29. The summed E-state index contributed by atoms with van der Waals surface area (Å²) >= 11 is 3.38. The predicted octanol–water partition coefficient (Wildman–Crippen LogP) is 4.54. The van der Waals surface area contributed by atoms with Crippen molar-refractivity contribution in [2.75, 3.05) is 5.32 Å². The predicted molar refractivity (Wildman–Crippen MR) is 83.2 cm³/mol. The van der Waals surface area contributed by atoms with Crippen LogP contribution in [0, 0.1) is 13.8 Å². The fourth-order valence-electron chi connectivity index (χ4n) is 1.92. The number of nitrogens with one attached hydrogen (secondary N) is 1. The van der Waals surface area contributed by atoms with Gasteiger partial charge in [0, 0.05) is 11.1 Å². The summed E-state index contributed by atoms with van der Waals surface area (Å²) in [7, 11) is 0. The van der Waals surface area contributed by atoms with Crippen molar-refractivity contribution in [3.8, 4) is 0 Å². The minimum atomic E-state index is 0.195. The van der Waals surface area contributed by atoms with Crippen LogP contribution in [-0.4, -0.2) is 9.97 Å². The van der Waals surface area contributed by atoms with Crippen LogP contribution in [-0.2, 0) is 0 Å². The Hall–Kier alpha value is -1.46. The molecule has 0 amide bonds. The number of benzene rings is 1. The number of nitrogens with zero attached hydrogens (tertiary/aromatic N) is 2. The molecule has 0 fully saturated rings. The zero-order valence-corrected chi connectivity index (χ0v) is 12.7. The average molecular weight is 289 g/mol. The van der Waals surface area contributed by atoms with Crippen LogP contribution in [0.1, 0.15) is 29.2 Å². The maximum Gasteiger partial charge on any atom is 0.184 e. The summed E-state index contributed by atoms with van der Waals surface area (Å²) in [5.41, 5.74) is 3.39. The Labute approximate surface area is 120 Å². The molecule has 3 aromatic rings. The summed E-state index contributed by atoms with van der Waals surface area (Å²) in [5.74, 6) is 0. The largest absolute Gasteiger partial charge is 0.353 e. The molecule has 1 unspecified atom stereocenters. The molecule has 1 atom stereocenters. The van der Waals surface area contributed by atoms with Crippen molar-refractivity contribution in [3.63, 3.8) is 0 Å². The Morgan fingerprint density at radius 1 is 1.21 bits per heavy atom. The molecule has 1 N–H and O–H groups in total. The van der Waals surface area contributed by atoms with Crippen molar-refractivity contribution in [1.82, 2.24) is 9.97 Å². The Bertz CT molecular complexity index is 714. The molecule has 0 aliphatic carbocycles. The fourth-order valence-corrected chi connectivity index (χ4v) is 3.65. The van der Waals surface area contributed by atoms with E-state index < -0.39 is 0 Å². The van der Waals surface area contributed by atoms with E-state index in [2.05, 4.69) is 52.7 Å². The van der Waals surface area contributed by atoms with Gasteiger partial charge in [-0.3, -0.25) is 0 Å². The number of anilines is 1. The van der Waals surface area contributed by atoms with Crippen molar-refractivity contribution < 1.29 is 0 Å². The highest BCUT2D eigenvalue weighted by atomic mass is 32.1. The minimum Gasteiger partial charge on any atom is -0.353 e. The lowest BCUT2D eigenvalue weighted by Crippen LogP contribution is -2.05. The van der Waals surface area contributed by atoms with Gasteiger partial charge in [0.25, 0.3) is 0 Å². The molecule has 0 radical (unpaired) electrons. The van der Waals surface area contributed by atoms with E-state index >= 15 is 0 Å². The molecule has 2 heterocycles. The third-order valence-corrected chi connectivity index (χ3v) is 5.00. The average Bonchev–Trinajstić information content (AvgIpc) is 2.94. The highest BCUT2D eigenvalue weighted by Gasteiger charge is 2.11. The number of thiazole rings is 2. The molecule has 2 aromatic heterocycles. The second-order valence-electron chi connectivity index (χ2n) is 4.68. The van der Waals surface area contributed by atoms with Crippen molar-refractivity contribution in [2.45, 2.75) is 26.8 Å². The van der Waals surface area contributed by atoms with Crippen LogP contribution in [0.15, 0.2) is 23.6 Å². The van der Waals surface area contributed by atoms with Crippen molar-refractivity contribution in [1.29, 1.82) is 0 Å². The van der Waals surface area contributed by atoms with Gasteiger partial charge in [-0.05, 0) is 38.5 Å². The maximum atomic E-state index is 4.63. The van der Waals surface area contributed by atoms with Crippen molar-refractivity contribution in [2.24, 2.45) is 0 Å². The molecule has 0 spiro atoms. The quantitative estimate of drug-likeness (QED) is 0.769. The van der Waals surface area contributed by atoms with Crippen LogP contribution in [0.25, 0.3) is 10.2 Å². The number of rotatable bonds is 3. The third-order valence-electron chi connectivity index (χ3n) is 2.89. The van der Waals surface area contributed by atoms with E-state index in [1.54, 1.807) is 22.7 Å². The highest BCUT2D eigenvalue weighted by molar-refractivity contribution is 7.22. The lowest BCUT2D eigenvalue weighted by molar-refractivity contribution is 0.862. The van der Waals surface area contributed by atoms with Crippen LogP contribution < -0.4 is 5.32 Å². The summed E-state index contributed by atoms with van der Waals surface area (Å²) in [5, 5.41) is 7.58. The molecular formula is C14H15N3S2. The molecule has 98 valence electrons. The normalized spacial score (nSPS) is 12.8. The molecule has 3 nitrogen and oxygen atoms in total. The third kappa shape index (κ3) is 2.62. The second kappa shape index (κ2) is 4.90. The van der Waals surface area contributed by atoms with E-state index in [0.717, 1.165) is 21.3 Å². The van der Waals surface area contributed by atoms with Crippen LogP contribution in [0.4, 0.5) is 5.13 Å². The lowest BCUT2D eigenvalue weighted by Gasteiger charge is -2.08. The molecule has 0 aliphatic heterocycles. The van der Waals surface area contributed by atoms with Gasteiger partial charge in [-0.2, -0.15) is 0 Å². The van der Waals surface area contributed by atoms with Crippen molar-refractivity contribution >= 4 is 38.0 Å². The van der Waals surface area contributed by atoms with Gasteiger partial charge < -0.3 is 5.32 Å². The standard InChI is InChI=1S/C14H15N3S2/c1-8-4-5-12-11(6-8)17-14(19-12)16-10(3)13-15-9(2)7-18-13/h4-7,10H,1-3H3,(H,16,17). The zero-order chi connectivity index (χ0) is 13.4. The first-order valence-electron chi connectivity index (χ1n) is 6.17. The molecule has 0 saturated heterocycles. The summed E-state index contributed by atoms with van der Waals surface area (Å²) in [6, 6.07) is 6.57. The Balaban J connectivity index is 1.85. The number of aromatic nitrogens is 2. The molecular weight excluding hydrogens is 274 g/mol. The van der Waals surface area contributed by atoms with Crippen LogP contribution >= 0.6 is 22.7 Å². The van der Waals surface area contributed by atoms with Gasteiger partial charge in [-0.1, -0.05) is 17.4 Å². The number of hydrogen-bond acceptors (Lipinski definition) is 5. The number of aryl methyl sites for hydroxylation is 2. The van der Waals surface area contributed by atoms with E-state index in [-0.39, 0.29) is 6.04 Å². The molecule has 0 saturated carbocycles. The Morgan fingerprint density at radius 3 is 2.79 bits per heavy atom. The molecule has 0 bridgehead atoms. The van der Waals surface area contributed by atoms with Crippen molar-refractivity contribution in [3.05, 3.63) is 39.8 Å². The minimum absolute atomic E-state index is 0.195. The first-order chi connectivity index (χ1) is 9.11. The molecule has 1 aromatic carbocycles. The molecule has 5 heteroatoms. The SMILES string of the molecule is Cc1ccc2sc(NC(C)c3nc(C)cs3)nc2c1. The Morgan fingerprint density at radius 2 is 2.05 bits per heavy atom. The first kappa shape index (κ1) is 12.6. The van der Waals surface area contributed by atoms with E-state index in [1.807, 2.05) is 6.92 Å². The smallest absolute Gasteiger partial charge is 0.184 e.